The van der Waals surface area contributed by atoms with Crippen molar-refractivity contribution < 1.29 is 14.6 Å². The van der Waals surface area contributed by atoms with Crippen LogP contribution >= 0.6 is 0 Å². The Hall–Kier alpha value is -1.71. The van der Waals surface area contributed by atoms with E-state index < -0.39 is 0 Å². The molecular weight excluding hydrogens is 242 g/mol. The summed E-state index contributed by atoms with van der Waals surface area (Å²) in [5, 5.41) is 12.7. The molecule has 0 unspecified atom stereocenters. The van der Waals surface area contributed by atoms with E-state index in [0.717, 1.165) is 12.8 Å². The maximum absolute atomic E-state index is 12.1. The van der Waals surface area contributed by atoms with Crippen molar-refractivity contribution in [3.8, 4) is 11.5 Å². The van der Waals surface area contributed by atoms with Gasteiger partial charge >= 0.3 is 0 Å². The molecule has 4 heteroatoms. The monoisotopic (exact) mass is 263 g/mol. The fraction of sp³-hybridized carbons (Fsp3) is 0.533. The maximum Gasteiger partial charge on any atom is 0.251 e. The summed E-state index contributed by atoms with van der Waals surface area (Å²) in [6.07, 6.45) is 6.98. The van der Waals surface area contributed by atoms with Crippen molar-refractivity contribution in [1.82, 2.24) is 5.32 Å². The zero-order valence-corrected chi connectivity index (χ0v) is 11.3. The highest BCUT2D eigenvalue weighted by atomic mass is 16.5. The van der Waals surface area contributed by atoms with E-state index in [1.807, 2.05) is 0 Å². The van der Waals surface area contributed by atoms with Gasteiger partial charge in [-0.1, -0.05) is 25.7 Å². The average molecular weight is 263 g/mol. The van der Waals surface area contributed by atoms with Crippen LogP contribution in [0.2, 0.25) is 0 Å². The van der Waals surface area contributed by atoms with Gasteiger partial charge < -0.3 is 15.2 Å². The number of hydrogen-bond acceptors (Lipinski definition) is 3. The highest BCUT2D eigenvalue weighted by Gasteiger charge is 2.16. The second-order valence-corrected chi connectivity index (χ2v) is 5.05. The van der Waals surface area contributed by atoms with E-state index in [1.54, 1.807) is 12.1 Å². The minimum atomic E-state index is -0.121. The van der Waals surface area contributed by atoms with Gasteiger partial charge in [-0.15, -0.1) is 0 Å². The summed E-state index contributed by atoms with van der Waals surface area (Å²) in [6, 6.07) is 4.99. The molecule has 1 aliphatic carbocycles. The number of aromatic hydroxyl groups is 1. The molecule has 4 nitrogen and oxygen atoms in total. The quantitative estimate of drug-likeness (QED) is 0.824. The molecule has 0 saturated heterocycles. The number of carbonyl (C=O) groups is 1. The van der Waals surface area contributed by atoms with Crippen molar-refractivity contribution in [3.05, 3.63) is 23.8 Å². The molecule has 1 aromatic carbocycles. The van der Waals surface area contributed by atoms with Crippen molar-refractivity contribution in [3.63, 3.8) is 0 Å². The van der Waals surface area contributed by atoms with E-state index in [0.29, 0.717) is 11.3 Å². The SMILES string of the molecule is COc1ccc(C(=O)NC2CCCCCC2)cc1O. The first-order valence-corrected chi connectivity index (χ1v) is 6.88. The number of amides is 1. The third kappa shape index (κ3) is 3.63. The van der Waals surface area contributed by atoms with E-state index in [1.165, 1.54) is 38.9 Å². The van der Waals surface area contributed by atoms with Crippen molar-refractivity contribution in [2.75, 3.05) is 7.11 Å². The van der Waals surface area contributed by atoms with Crippen molar-refractivity contribution >= 4 is 5.91 Å². The van der Waals surface area contributed by atoms with Crippen LogP contribution in [0.15, 0.2) is 18.2 Å². The fourth-order valence-electron chi connectivity index (χ4n) is 2.52. The molecule has 1 fully saturated rings. The van der Waals surface area contributed by atoms with Crippen LogP contribution in [0, 0.1) is 0 Å². The third-order valence-electron chi connectivity index (χ3n) is 3.63. The lowest BCUT2D eigenvalue weighted by Crippen LogP contribution is -2.34. The lowest BCUT2D eigenvalue weighted by atomic mass is 10.1. The fourth-order valence-corrected chi connectivity index (χ4v) is 2.52. The van der Waals surface area contributed by atoms with Gasteiger partial charge in [-0.2, -0.15) is 0 Å². The maximum atomic E-state index is 12.1. The summed E-state index contributed by atoms with van der Waals surface area (Å²) in [6.45, 7) is 0. The molecule has 0 bridgehead atoms. The van der Waals surface area contributed by atoms with Gasteiger partial charge in [0.25, 0.3) is 5.91 Å². The van der Waals surface area contributed by atoms with E-state index >= 15 is 0 Å². The molecule has 2 rings (SSSR count). The Morgan fingerprint density at radius 3 is 2.53 bits per heavy atom. The predicted molar refractivity (Wildman–Crippen MR) is 73.6 cm³/mol. The molecule has 1 aliphatic rings. The standard InChI is InChI=1S/C15H21NO3/c1-19-14-9-8-11(10-13(14)17)15(18)16-12-6-4-2-3-5-7-12/h8-10,12,17H,2-7H2,1H3,(H,16,18). The van der Waals surface area contributed by atoms with E-state index in [4.69, 9.17) is 4.74 Å². The number of ether oxygens (including phenoxy) is 1. The minimum absolute atomic E-state index is 0.00369. The molecule has 1 amide bonds. The number of rotatable bonds is 3. The largest absolute Gasteiger partial charge is 0.504 e. The number of nitrogens with one attached hydrogen (secondary N) is 1. The molecule has 0 spiro atoms. The van der Waals surface area contributed by atoms with Crippen LogP contribution in [-0.4, -0.2) is 24.2 Å². The van der Waals surface area contributed by atoms with Gasteiger partial charge in [-0.05, 0) is 31.0 Å². The lowest BCUT2D eigenvalue weighted by Gasteiger charge is -2.16. The van der Waals surface area contributed by atoms with Crippen LogP contribution in [0.3, 0.4) is 0 Å². The van der Waals surface area contributed by atoms with Gasteiger partial charge in [-0.25, -0.2) is 0 Å². The van der Waals surface area contributed by atoms with Crippen LogP contribution in [0.4, 0.5) is 0 Å². The van der Waals surface area contributed by atoms with Gasteiger partial charge in [0.2, 0.25) is 0 Å². The van der Waals surface area contributed by atoms with Crippen LogP contribution in [0.1, 0.15) is 48.9 Å². The number of phenols is 1. The average Bonchev–Trinajstić information content (AvgIpc) is 2.67. The Morgan fingerprint density at radius 1 is 1.26 bits per heavy atom. The second-order valence-electron chi connectivity index (χ2n) is 5.05. The molecule has 19 heavy (non-hydrogen) atoms. The smallest absolute Gasteiger partial charge is 0.251 e. The van der Waals surface area contributed by atoms with Crippen LogP contribution < -0.4 is 10.1 Å². The molecule has 2 N–H and O–H groups in total. The van der Waals surface area contributed by atoms with Gasteiger partial charge in [0, 0.05) is 11.6 Å². The summed E-state index contributed by atoms with van der Waals surface area (Å²) in [4.78, 5) is 12.1. The molecule has 0 aliphatic heterocycles. The number of benzene rings is 1. The number of carbonyl (C=O) groups excluding carboxylic acids is 1. The number of methoxy groups -OCH3 is 1. The second kappa shape index (κ2) is 6.45. The van der Waals surface area contributed by atoms with Gasteiger partial charge in [0.15, 0.2) is 11.5 Å². The summed E-state index contributed by atoms with van der Waals surface area (Å²) < 4.78 is 4.96. The first-order valence-electron chi connectivity index (χ1n) is 6.88. The number of hydrogen-bond donors (Lipinski definition) is 2. The zero-order valence-electron chi connectivity index (χ0n) is 11.3. The van der Waals surface area contributed by atoms with Crippen LogP contribution in [-0.2, 0) is 0 Å². The normalized spacial score (nSPS) is 16.7. The molecule has 1 aromatic rings. The Labute approximate surface area is 113 Å². The Morgan fingerprint density at radius 2 is 1.95 bits per heavy atom. The van der Waals surface area contributed by atoms with Crippen LogP contribution in [0.5, 0.6) is 11.5 Å². The topological polar surface area (TPSA) is 58.6 Å². The van der Waals surface area contributed by atoms with Crippen molar-refractivity contribution in [1.29, 1.82) is 0 Å². The molecule has 0 aromatic heterocycles. The third-order valence-corrected chi connectivity index (χ3v) is 3.63. The van der Waals surface area contributed by atoms with E-state index in [9.17, 15) is 9.90 Å². The summed E-state index contributed by atoms with van der Waals surface area (Å²) in [5.74, 6) is 0.256. The number of phenolic OH excluding ortho intramolecular Hbond substituents is 1. The molecule has 0 radical (unpaired) electrons. The van der Waals surface area contributed by atoms with Crippen molar-refractivity contribution in [2.45, 2.75) is 44.6 Å². The van der Waals surface area contributed by atoms with Gasteiger partial charge in [-0.3, -0.25) is 4.79 Å². The summed E-state index contributed by atoms with van der Waals surface area (Å²) >= 11 is 0. The first-order chi connectivity index (χ1) is 9.20. The highest BCUT2D eigenvalue weighted by molar-refractivity contribution is 5.95. The van der Waals surface area contributed by atoms with Crippen LogP contribution in [0.25, 0.3) is 0 Å². The minimum Gasteiger partial charge on any atom is -0.504 e. The molecular formula is C15H21NO3. The van der Waals surface area contributed by atoms with Crippen molar-refractivity contribution in [2.24, 2.45) is 0 Å². The van der Waals surface area contributed by atoms with E-state index in [2.05, 4.69) is 5.32 Å². The van der Waals surface area contributed by atoms with E-state index in [-0.39, 0.29) is 17.7 Å². The lowest BCUT2D eigenvalue weighted by molar-refractivity contribution is 0.0933. The predicted octanol–water partition coefficient (Wildman–Crippen LogP) is 2.85. The summed E-state index contributed by atoms with van der Waals surface area (Å²) in [5.41, 5.74) is 0.475. The Bertz CT molecular complexity index is 437. The van der Waals surface area contributed by atoms with Gasteiger partial charge in [0.05, 0.1) is 7.11 Å². The molecule has 0 atom stereocenters. The Kier molecular flexibility index (Phi) is 4.66. The summed E-state index contributed by atoms with van der Waals surface area (Å²) in [7, 11) is 1.49. The molecule has 104 valence electrons. The highest BCUT2D eigenvalue weighted by Crippen LogP contribution is 2.26. The zero-order chi connectivity index (χ0) is 13.7. The Balaban J connectivity index is 2.00. The molecule has 0 heterocycles. The first kappa shape index (κ1) is 13.7. The van der Waals surface area contributed by atoms with Gasteiger partial charge in [0.1, 0.15) is 0 Å². The molecule has 1 saturated carbocycles.